The smallest absolute Gasteiger partial charge is 0.241 e. The van der Waals surface area contributed by atoms with Gasteiger partial charge in [-0.3, -0.25) is 19.4 Å². The van der Waals surface area contributed by atoms with Gasteiger partial charge in [-0.25, -0.2) is 0 Å². The molecule has 2 N–H and O–H groups in total. The van der Waals surface area contributed by atoms with Crippen molar-refractivity contribution < 1.29 is 14.3 Å². The van der Waals surface area contributed by atoms with Crippen LogP contribution in [0.4, 0.5) is 11.4 Å². The van der Waals surface area contributed by atoms with E-state index in [0.29, 0.717) is 23.9 Å². The highest BCUT2D eigenvalue weighted by Crippen LogP contribution is 2.20. The van der Waals surface area contributed by atoms with Gasteiger partial charge in [0.25, 0.3) is 0 Å². The summed E-state index contributed by atoms with van der Waals surface area (Å²) in [6.07, 6.45) is 0. The van der Waals surface area contributed by atoms with Crippen molar-refractivity contribution in [3.05, 3.63) is 53.6 Å². The number of carbonyl (C=O) groups is 2. The third-order valence-corrected chi connectivity index (χ3v) is 5.61. The van der Waals surface area contributed by atoms with Crippen LogP contribution in [0.5, 0.6) is 5.75 Å². The Morgan fingerprint density at radius 3 is 2.35 bits per heavy atom. The van der Waals surface area contributed by atoms with Gasteiger partial charge in [0.1, 0.15) is 5.75 Å². The van der Waals surface area contributed by atoms with Gasteiger partial charge in [0.2, 0.25) is 11.8 Å². The number of benzene rings is 2. The molecule has 0 unspecified atom stereocenters. The van der Waals surface area contributed by atoms with E-state index in [1.165, 1.54) is 0 Å². The fourth-order valence-electron chi connectivity index (χ4n) is 3.48. The van der Waals surface area contributed by atoms with Crippen LogP contribution in [0.2, 0.25) is 5.02 Å². The lowest BCUT2D eigenvalue weighted by Gasteiger charge is -2.37. The Balaban J connectivity index is 1.43. The number of nitrogens with one attached hydrogen (secondary N) is 2. The normalized spacial score (nSPS) is 15.8. The molecule has 0 bridgehead atoms. The number of carbonyl (C=O) groups excluding carboxylic acids is 2. The molecule has 1 atom stereocenters. The van der Waals surface area contributed by atoms with Crippen LogP contribution >= 0.6 is 11.6 Å². The number of rotatable bonds is 8. The number of para-hydroxylation sites is 1. The van der Waals surface area contributed by atoms with Crippen molar-refractivity contribution in [3.8, 4) is 5.75 Å². The largest absolute Gasteiger partial charge is 0.494 e. The van der Waals surface area contributed by atoms with Crippen molar-refractivity contribution in [2.45, 2.75) is 19.9 Å². The van der Waals surface area contributed by atoms with Crippen molar-refractivity contribution in [2.24, 2.45) is 0 Å². The van der Waals surface area contributed by atoms with Gasteiger partial charge in [0.15, 0.2) is 0 Å². The molecule has 1 saturated heterocycles. The molecule has 8 heteroatoms. The average Bonchev–Trinajstić information content (AvgIpc) is 2.77. The molecule has 1 heterocycles. The summed E-state index contributed by atoms with van der Waals surface area (Å²) in [6, 6.07) is 14.3. The zero-order chi connectivity index (χ0) is 22.2. The van der Waals surface area contributed by atoms with Crippen LogP contribution in [0, 0.1) is 0 Å². The van der Waals surface area contributed by atoms with Crippen LogP contribution < -0.4 is 15.4 Å². The van der Waals surface area contributed by atoms with E-state index in [2.05, 4.69) is 20.4 Å². The second-order valence-corrected chi connectivity index (χ2v) is 7.87. The summed E-state index contributed by atoms with van der Waals surface area (Å²) in [5, 5.41) is 6.33. The minimum Gasteiger partial charge on any atom is -0.494 e. The molecule has 2 aromatic rings. The molecular weight excluding hydrogens is 416 g/mol. The maximum atomic E-state index is 12.6. The Hall–Kier alpha value is -2.61. The fraction of sp³-hybridized carbons (Fsp3) is 0.391. The highest BCUT2D eigenvalue weighted by Gasteiger charge is 2.26. The first-order valence-electron chi connectivity index (χ1n) is 10.5. The number of nitrogens with zero attached hydrogens (tertiary/aromatic N) is 2. The molecule has 31 heavy (non-hydrogen) atoms. The number of hydrogen-bond acceptors (Lipinski definition) is 5. The first-order chi connectivity index (χ1) is 15.0. The summed E-state index contributed by atoms with van der Waals surface area (Å²) < 4.78 is 5.42. The van der Waals surface area contributed by atoms with Crippen LogP contribution in [0.15, 0.2) is 48.5 Å². The van der Waals surface area contributed by atoms with Crippen molar-refractivity contribution in [3.63, 3.8) is 0 Å². The van der Waals surface area contributed by atoms with Gasteiger partial charge in [0.05, 0.1) is 29.9 Å². The summed E-state index contributed by atoms with van der Waals surface area (Å²) >= 11 is 6.10. The Bertz CT molecular complexity index is 883. The van der Waals surface area contributed by atoms with Crippen LogP contribution in [0.3, 0.4) is 0 Å². The van der Waals surface area contributed by atoms with E-state index in [4.69, 9.17) is 16.3 Å². The second kappa shape index (κ2) is 11.1. The standard InChI is InChI=1S/C23H29ClN4O3/c1-3-31-19-10-8-18(9-11-19)25-23(30)17(2)28-14-12-27(13-15-28)16-22(29)26-21-7-5-4-6-20(21)24/h4-11,17H,3,12-16H2,1-2H3,(H,25,30)(H,26,29)/t17-/m1/s1. The second-order valence-electron chi connectivity index (χ2n) is 7.46. The SMILES string of the molecule is CCOc1ccc(NC(=O)[C@@H](C)N2CCN(CC(=O)Nc3ccccc3Cl)CC2)cc1. The maximum Gasteiger partial charge on any atom is 0.241 e. The van der Waals surface area contributed by atoms with E-state index in [1.807, 2.05) is 50.2 Å². The first-order valence-corrected chi connectivity index (χ1v) is 10.9. The number of piperazine rings is 1. The van der Waals surface area contributed by atoms with Crippen LogP contribution in [-0.4, -0.2) is 67.0 Å². The third-order valence-electron chi connectivity index (χ3n) is 5.28. The molecule has 0 spiro atoms. The van der Waals surface area contributed by atoms with Gasteiger partial charge < -0.3 is 15.4 Å². The van der Waals surface area contributed by atoms with Crippen LogP contribution in [-0.2, 0) is 9.59 Å². The molecular formula is C23H29ClN4O3. The Kier molecular flexibility index (Phi) is 8.28. The van der Waals surface area contributed by atoms with E-state index in [0.717, 1.165) is 37.6 Å². The molecule has 0 radical (unpaired) electrons. The predicted molar refractivity (Wildman–Crippen MR) is 124 cm³/mol. The number of ether oxygens (including phenoxy) is 1. The molecule has 2 aromatic carbocycles. The quantitative estimate of drug-likeness (QED) is 0.653. The fourth-order valence-corrected chi connectivity index (χ4v) is 3.66. The van der Waals surface area contributed by atoms with Gasteiger partial charge in [-0.05, 0) is 50.2 Å². The number of hydrogen-bond donors (Lipinski definition) is 2. The zero-order valence-corrected chi connectivity index (χ0v) is 18.7. The monoisotopic (exact) mass is 444 g/mol. The highest BCUT2D eigenvalue weighted by atomic mass is 35.5. The number of amides is 2. The predicted octanol–water partition coefficient (Wildman–Crippen LogP) is 3.32. The van der Waals surface area contributed by atoms with E-state index in [-0.39, 0.29) is 17.9 Å². The summed E-state index contributed by atoms with van der Waals surface area (Å²) in [5.74, 6) is 0.639. The Labute approximate surface area is 188 Å². The lowest BCUT2D eigenvalue weighted by atomic mass is 10.2. The van der Waals surface area contributed by atoms with Crippen LogP contribution in [0.25, 0.3) is 0 Å². The Morgan fingerprint density at radius 2 is 1.71 bits per heavy atom. The average molecular weight is 445 g/mol. The summed E-state index contributed by atoms with van der Waals surface area (Å²) in [7, 11) is 0. The summed E-state index contributed by atoms with van der Waals surface area (Å²) in [4.78, 5) is 29.2. The van der Waals surface area contributed by atoms with E-state index in [1.54, 1.807) is 12.1 Å². The van der Waals surface area contributed by atoms with Crippen molar-refractivity contribution in [1.29, 1.82) is 0 Å². The molecule has 1 aliphatic rings. The maximum absolute atomic E-state index is 12.6. The summed E-state index contributed by atoms with van der Waals surface area (Å²) in [6.45, 7) is 7.62. The molecule has 0 aromatic heterocycles. The lowest BCUT2D eigenvalue weighted by molar-refractivity contribution is -0.122. The molecule has 1 aliphatic heterocycles. The molecule has 0 aliphatic carbocycles. The van der Waals surface area contributed by atoms with Gasteiger partial charge in [0, 0.05) is 31.9 Å². The van der Waals surface area contributed by atoms with E-state index < -0.39 is 0 Å². The van der Waals surface area contributed by atoms with Crippen molar-refractivity contribution in [1.82, 2.24) is 9.80 Å². The zero-order valence-electron chi connectivity index (χ0n) is 17.9. The molecule has 2 amide bonds. The van der Waals surface area contributed by atoms with E-state index >= 15 is 0 Å². The Morgan fingerprint density at radius 1 is 1.03 bits per heavy atom. The molecule has 1 fully saturated rings. The van der Waals surface area contributed by atoms with E-state index in [9.17, 15) is 9.59 Å². The molecule has 166 valence electrons. The van der Waals surface area contributed by atoms with Gasteiger partial charge >= 0.3 is 0 Å². The number of anilines is 2. The molecule has 3 rings (SSSR count). The van der Waals surface area contributed by atoms with Crippen molar-refractivity contribution >= 4 is 34.8 Å². The number of halogens is 1. The highest BCUT2D eigenvalue weighted by molar-refractivity contribution is 6.33. The third kappa shape index (κ3) is 6.69. The van der Waals surface area contributed by atoms with Gasteiger partial charge in [-0.15, -0.1) is 0 Å². The first kappa shape index (κ1) is 23.1. The lowest BCUT2D eigenvalue weighted by Crippen LogP contribution is -2.53. The van der Waals surface area contributed by atoms with Crippen LogP contribution in [0.1, 0.15) is 13.8 Å². The summed E-state index contributed by atoms with van der Waals surface area (Å²) in [5.41, 5.74) is 1.36. The minimum atomic E-state index is -0.259. The van der Waals surface area contributed by atoms with Gasteiger partial charge in [-0.1, -0.05) is 23.7 Å². The minimum absolute atomic E-state index is 0.0472. The molecule has 0 saturated carbocycles. The topological polar surface area (TPSA) is 73.9 Å². The van der Waals surface area contributed by atoms with Crippen molar-refractivity contribution in [2.75, 3.05) is 50.0 Å². The van der Waals surface area contributed by atoms with Gasteiger partial charge in [-0.2, -0.15) is 0 Å². The molecule has 7 nitrogen and oxygen atoms in total.